The molecular weight excluding hydrogens is 272 g/mol. The van der Waals surface area contributed by atoms with Crippen molar-refractivity contribution in [1.82, 2.24) is 0 Å². The topological polar surface area (TPSA) is 26.3 Å². The second-order valence-corrected chi connectivity index (χ2v) is 2.97. The van der Waals surface area contributed by atoms with Crippen LogP contribution in [-0.2, 0) is 11.9 Å². The van der Waals surface area contributed by atoms with Crippen LogP contribution in [0.5, 0.6) is 5.75 Å². The van der Waals surface area contributed by atoms with Crippen molar-refractivity contribution in [3.63, 3.8) is 0 Å². The number of rotatable bonds is 2. The summed E-state index contributed by atoms with van der Waals surface area (Å²) in [6, 6.07) is 13.5. The molecule has 0 heterocycles. The predicted molar refractivity (Wildman–Crippen MR) is 62.7 cm³/mol. The third-order valence-electron chi connectivity index (χ3n) is 1.89. The van der Waals surface area contributed by atoms with Gasteiger partial charge in [0.05, 0.1) is 0 Å². The van der Waals surface area contributed by atoms with E-state index < -0.39 is 0 Å². The fraction of sp³-hybridized carbons (Fsp3) is 0. The zero-order valence-electron chi connectivity index (χ0n) is 6.81. The molecule has 0 bridgehead atoms. The summed E-state index contributed by atoms with van der Waals surface area (Å²) in [7, 11) is 0. The zero-order valence-corrected chi connectivity index (χ0v) is 7.70. The van der Waals surface area contributed by atoms with Gasteiger partial charge in [-0.25, -0.2) is 4.21 Å². The Hall–Kier alpha value is 0.131. The second kappa shape index (κ2) is 5.88. The minimum absolute atomic E-state index is 0. The standard InChI is InChI=1S/C10H8O2S.Sr.2H/c11-13-12-10-7-3-5-8-4-1-2-6-9(8)10;;;/h1-7,13H;;;. The van der Waals surface area contributed by atoms with Crippen LogP contribution in [0.2, 0.25) is 0 Å². The van der Waals surface area contributed by atoms with Gasteiger partial charge in [0.1, 0.15) is 5.75 Å². The summed E-state index contributed by atoms with van der Waals surface area (Å²) in [6.45, 7) is 0. The normalized spacial score (nSPS) is 9.43. The van der Waals surface area contributed by atoms with Crippen molar-refractivity contribution < 1.29 is 8.39 Å². The van der Waals surface area contributed by atoms with Crippen molar-refractivity contribution in [3.05, 3.63) is 42.5 Å². The average Bonchev–Trinajstić information content (AvgIpc) is 2.19. The molecule has 0 spiro atoms. The van der Waals surface area contributed by atoms with Crippen LogP contribution in [0.15, 0.2) is 42.5 Å². The summed E-state index contributed by atoms with van der Waals surface area (Å²) in [5.41, 5.74) is 0. The van der Waals surface area contributed by atoms with Crippen molar-refractivity contribution in [1.29, 1.82) is 0 Å². The second-order valence-electron chi connectivity index (χ2n) is 2.64. The summed E-state index contributed by atoms with van der Waals surface area (Å²) in [4.78, 5) is 0. The van der Waals surface area contributed by atoms with Gasteiger partial charge in [-0.05, 0) is 11.5 Å². The Kier molecular flexibility index (Phi) is 5.12. The molecule has 0 saturated carbocycles. The van der Waals surface area contributed by atoms with E-state index in [4.69, 9.17) is 4.18 Å². The van der Waals surface area contributed by atoms with Gasteiger partial charge in [-0.2, -0.15) is 0 Å². The molecule has 70 valence electrons. The molecule has 0 aliphatic carbocycles. The van der Waals surface area contributed by atoms with Crippen molar-refractivity contribution in [2.45, 2.75) is 0 Å². The van der Waals surface area contributed by atoms with E-state index >= 15 is 0 Å². The molecule has 0 N–H and O–H groups in total. The number of hydrogen-bond donors (Lipinski definition) is 1. The molecule has 2 nitrogen and oxygen atoms in total. The van der Waals surface area contributed by atoms with Crippen LogP contribution in [0, 0.1) is 0 Å². The van der Waals surface area contributed by atoms with Crippen LogP contribution < -0.4 is 4.18 Å². The Morgan fingerprint density at radius 2 is 1.71 bits per heavy atom. The molecule has 0 fully saturated rings. The van der Waals surface area contributed by atoms with Crippen molar-refractivity contribution in [2.75, 3.05) is 0 Å². The van der Waals surface area contributed by atoms with E-state index in [0.717, 1.165) is 10.8 Å². The Labute approximate surface area is 123 Å². The Morgan fingerprint density at radius 1 is 1.00 bits per heavy atom. The van der Waals surface area contributed by atoms with Gasteiger partial charge >= 0.3 is 45.5 Å². The van der Waals surface area contributed by atoms with Gasteiger partial charge in [-0.3, -0.25) is 0 Å². The fourth-order valence-corrected chi connectivity index (χ4v) is 1.55. The van der Waals surface area contributed by atoms with Crippen molar-refractivity contribution in [2.24, 2.45) is 0 Å². The zero-order chi connectivity index (χ0) is 9.10. The Balaban J connectivity index is 0.000000980. The summed E-state index contributed by atoms with van der Waals surface area (Å²) < 4.78 is 15.2. The predicted octanol–water partition coefficient (Wildman–Crippen LogP) is 1.16. The van der Waals surface area contributed by atoms with Gasteiger partial charge in [-0.1, -0.05) is 36.4 Å². The van der Waals surface area contributed by atoms with Crippen molar-refractivity contribution in [3.8, 4) is 5.75 Å². The molecule has 0 unspecified atom stereocenters. The molecule has 0 amide bonds. The maximum atomic E-state index is 10.3. The third-order valence-corrected chi connectivity index (χ3v) is 2.16. The minimum atomic E-state index is -0.316. The molecular formula is C10H10O2SSr. The fourth-order valence-electron chi connectivity index (χ4n) is 1.32. The first-order valence-corrected chi connectivity index (χ1v) is 4.62. The van der Waals surface area contributed by atoms with E-state index in [2.05, 4.69) is 0 Å². The number of benzene rings is 2. The quantitative estimate of drug-likeness (QED) is 0.661. The first-order chi connectivity index (χ1) is 6.42. The summed E-state index contributed by atoms with van der Waals surface area (Å²) in [5, 5.41) is 2.07. The van der Waals surface area contributed by atoms with E-state index in [1.807, 2.05) is 36.4 Å². The molecule has 0 saturated heterocycles. The monoisotopic (exact) mass is 282 g/mol. The molecule has 0 aliphatic rings. The van der Waals surface area contributed by atoms with E-state index in [9.17, 15) is 4.21 Å². The van der Waals surface area contributed by atoms with Crippen LogP contribution in [0.25, 0.3) is 10.8 Å². The molecule has 2 rings (SSSR count). The van der Waals surface area contributed by atoms with E-state index in [0.29, 0.717) is 5.75 Å². The molecule has 4 heteroatoms. The van der Waals surface area contributed by atoms with E-state index in [-0.39, 0.29) is 57.4 Å². The molecule has 14 heavy (non-hydrogen) atoms. The number of thiol groups is 1. The first kappa shape index (κ1) is 12.2. The van der Waals surface area contributed by atoms with Crippen LogP contribution >= 0.6 is 0 Å². The van der Waals surface area contributed by atoms with Crippen LogP contribution in [-0.4, -0.2) is 49.7 Å². The molecule has 2 aromatic carbocycles. The van der Waals surface area contributed by atoms with Crippen LogP contribution in [0.3, 0.4) is 0 Å². The van der Waals surface area contributed by atoms with Gasteiger partial charge in [-0.15, -0.1) is 0 Å². The number of fused-ring (bicyclic) bond motifs is 1. The third kappa shape index (κ3) is 2.58. The van der Waals surface area contributed by atoms with Crippen LogP contribution in [0.4, 0.5) is 0 Å². The molecule has 0 radical (unpaired) electrons. The first-order valence-electron chi connectivity index (χ1n) is 3.89. The van der Waals surface area contributed by atoms with Gasteiger partial charge in [0.2, 0.25) is 0 Å². The summed E-state index contributed by atoms with van der Waals surface area (Å²) in [6.07, 6.45) is 0. The van der Waals surface area contributed by atoms with Gasteiger partial charge in [0.15, 0.2) is 11.9 Å². The Bertz CT molecular complexity index is 440. The van der Waals surface area contributed by atoms with E-state index in [1.54, 1.807) is 6.07 Å². The molecule has 2 aromatic rings. The average molecular weight is 282 g/mol. The van der Waals surface area contributed by atoms with Crippen molar-refractivity contribution >= 4 is 68.2 Å². The van der Waals surface area contributed by atoms with E-state index in [1.165, 1.54) is 0 Å². The number of hydrogen-bond acceptors (Lipinski definition) is 2. The molecule has 0 aromatic heterocycles. The van der Waals surface area contributed by atoms with Gasteiger partial charge < -0.3 is 4.18 Å². The summed E-state index contributed by atoms with van der Waals surface area (Å²) >= 11 is -0.316. The molecule has 0 aliphatic heterocycles. The van der Waals surface area contributed by atoms with Gasteiger partial charge in [0, 0.05) is 5.39 Å². The SMILES string of the molecule is O=[SH]Oc1cccc2ccccc12.[SrH2]. The maximum absolute atomic E-state index is 10.3. The Morgan fingerprint density at radius 3 is 2.50 bits per heavy atom. The summed E-state index contributed by atoms with van der Waals surface area (Å²) in [5.74, 6) is 0.648. The van der Waals surface area contributed by atoms with Gasteiger partial charge in [0.25, 0.3) is 0 Å². The van der Waals surface area contributed by atoms with Crippen LogP contribution in [0.1, 0.15) is 0 Å². The molecule has 0 atom stereocenters.